The van der Waals surface area contributed by atoms with Crippen LogP contribution in [0.4, 0.5) is 5.69 Å². The second-order valence-corrected chi connectivity index (χ2v) is 5.78. The number of carbonyl (C=O) groups is 2. The molecule has 2 aromatic rings. The molecule has 3 rings (SSSR count). The maximum absolute atomic E-state index is 12.7. The number of hydrogen-bond acceptors (Lipinski definition) is 5. The molecule has 1 aliphatic heterocycles. The molecule has 24 heavy (non-hydrogen) atoms. The lowest BCUT2D eigenvalue weighted by atomic mass is 9.93. The number of imide groups is 1. The average Bonchev–Trinajstić information content (AvgIpc) is 2.60. The smallest absolute Gasteiger partial charge is 0.261 e. The molecular weight excluding hydrogens is 304 g/mol. The summed E-state index contributed by atoms with van der Waals surface area (Å²) in [5, 5.41) is 11.1. The molecule has 126 valence electrons. The molecule has 0 unspecified atom stereocenters. The maximum atomic E-state index is 12.7. The first kappa shape index (κ1) is 16.4. The molecule has 6 heteroatoms. The minimum absolute atomic E-state index is 0.222. The molecular formula is C18H22N4O2. The molecule has 0 radical (unpaired) electrons. The number of rotatable bonds is 7. The van der Waals surface area contributed by atoms with Crippen molar-refractivity contribution >= 4 is 28.3 Å². The zero-order chi connectivity index (χ0) is 17.1. The van der Waals surface area contributed by atoms with E-state index in [0.717, 1.165) is 29.5 Å². The highest BCUT2D eigenvalue weighted by molar-refractivity contribution is 6.26. The minimum atomic E-state index is -0.222. The van der Waals surface area contributed by atoms with Gasteiger partial charge in [0.05, 0.1) is 0 Å². The summed E-state index contributed by atoms with van der Waals surface area (Å²) in [6.45, 7) is 2.54. The molecule has 2 amide bonds. The predicted octanol–water partition coefficient (Wildman–Crippen LogP) is 1.29. The summed E-state index contributed by atoms with van der Waals surface area (Å²) in [5.41, 5.74) is 2.13. The summed E-state index contributed by atoms with van der Waals surface area (Å²) in [5.74, 6) is -0.443. The Balaban J connectivity index is 2.06. The van der Waals surface area contributed by atoms with E-state index in [1.165, 1.54) is 4.90 Å². The van der Waals surface area contributed by atoms with Crippen LogP contribution in [0.25, 0.3) is 10.8 Å². The van der Waals surface area contributed by atoms with Crippen molar-refractivity contribution in [2.24, 2.45) is 0 Å². The van der Waals surface area contributed by atoms with Crippen molar-refractivity contribution in [2.75, 3.05) is 45.6 Å². The monoisotopic (exact) mass is 326 g/mol. The lowest BCUT2D eigenvalue weighted by Crippen LogP contribution is -2.43. The topological polar surface area (TPSA) is 73.5 Å². The van der Waals surface area contributed by atoms with Crippen LogP contribution in [-0.2, 0) is 0 Å². The largest absolute Gasteiger partial charge is 0.383 e. The van der Waals surface area contributed by atoms with Gasteiger partial charge in [-0.3, -0.25) is 14.5 Å². The number of likely N-dealkylation sites (N-methyl/N-ethyl adjacent to an activating group) is 2. The summed E-state index contributed by atoms with van der Waals surface area (Å²) in [4.78, 5) is 26.8. The summed E-state index contributed by atoms with van der Waals surface area (Å²) in [7, 11) is 3.70. The molecule has 6 nitrogen and oxygen atoms in total. The fourth-order valence-corrected chi connectivity index (χ4v) is 3.05. The van der Waals surface area contributed by atoms with Gasteiger partial charge in [0.1, 0.15) is 0 Å². The number of carbonyl (C=O) groups excluding carboxylic acids is 2. The molecule has 0 bridgehead atoms. The van der Waals surface area contributed by atoms with Gasteiger partial charge in [-0.1, -0.05) is 12.1 Å². The highest BCUT2D eigenvalue weighted by Gasteiger charge is 2.32. The fraction of sp³-hybridized carbons (Fsp3) is 0.333. The van der Waals surface area contributed by atoms with Gasteiger partial charge in [-0.05, 0) is 32.3 Å². The highest BCUT2D eigenvalue weighted by Crippen LogP contribution is 2.34. The van der Waals surface area contributed by atoms with Crippen LogP contribution < -0.4 is 16.0 Å². The van der Waals surface area contributed by atoms with E-state index in [9.17, 15) is 9.59 Å². The molecule has 0 fully saturated rings. The van der Waals surface area contributed by atoms with Gasteiger partial charge in [-0.2, -0.15) is 0 Å². The van der Waals surface area contributed by atoms with Gasteiger partial charge in [0, 0.05) is 53.8 Å². The van der Waals surface area contributed by atoms with Crippen LogP contribution in [0.3, 0.4) is 0 Å². The van der Waals surface area contributed by atoms with Gasteiger partial charge in [-0.25, -0.2) is 0 Å². The Morgan fingerprint density at radius 2 is 1.58 bits per heavy atom. The zero-order valence-electron chi connectivity index (χ0n) is 14.0. The third-order valence-electron chi connectivity index (χ3n) is 4.27. The van der Waals surface area contributed by atoms with Gasteiger partial charge in [0.2, 0.25) is 0 Å². The molecule has 0 saturated carbocycles. The molecule has 0 saturated heterocycles. The van der Waals surface area contributed by atoms with Crippen molar-refractivity contribution < 1.29 is 9.59 Å². The standard InChI is InChI=1S/C18H22N4O2/c1-19-8-9-21-15-7-6-14-16-12(15)4-3-5-13(16)17(23)22(18(14)24)11-10-20-2/h3-7,19-21H,8-11H2,1-2H3. The Labute approximate surface area is 141 Å². The first-order chi connectivity index (χ1) is 11.7. The van der Waals surface area contributed by atoms with Crippen molar-refractivity contribution in [3.8, 4) is 0 Å². The molecule has 0 atom stereocenters. The van der Waals surface area contributed by atoms with Crippen LogP contribution in [0, 0.1) is 0 Å². The second-order valence-electron chi connectivity index (χ2n) is 5.78. The van der Waals surface area contributed by atoms with Crippen molar-refractivity contribution in [1.29, 1.82) is 0 Å². The van der Waals surface area contributed by atoms with Crippen LogP contribution in [0.5, 0.6) is 0 Å². The van der Waals surface area contributed by atoms with Crippen molar-refractivity contribution in [2.45, 2.75) is 0 Å². The summed E-state index contributed by atoms with van der Waals surface area (Å²) in [6.07, 6.45) is 0. The van der Waals surface area contributed by atoms with E-state index in [1.54, 1.807) is 13.1 Å². The number of amides is 2. The molecule has 2 aromatic carbocycles. The highest BCUT2D eigenvalue weighted by atomic mass is 16.2. The third kappa shape index (κ3) is 2.74. The van der Waals surface area contributed by atoms with E-state index in [2.05, 4.69) is 16.0 Å². The van der Waals surface area contributed by atoms with E-state index < -0.39 is 0 Å². The summed E-state index contributed by atoms with van der Waals surface area (Å²) >= 11 is 0. The van der Waals surface area contributed by atoms with E-state index in [-0.39, 0.29) is 11.8 Å². The predicted molar refractivity (Wildman–Crippen MR) is 95.7 cm³/mol. The van der Waals surface area contributed by atoms with Crippen molar-refractivity contribution in [3.63, 3.8) is 0 Å². The van der Waals surface area contributed by atoms with E-state index in [1.807, 2.05) is 31.3 Å². The Morgan fingerprint density at radius 1 is 0.875 bits per heavy atom. The number of nitrogens with one attached hydrogen (secondary N) is 3. The molecule has 0 spiro atoms. The SMILES string of the molecule is CNCCNc1ccc2c3c(cccc13)C(=O)N(CCNC)C2=O. The Bertz CT molecular complexity index is 766. The van der Waals surface area contributed by atoms with Crippen molar-refractivity contribution in [1.82, 2.24) is 15.5 Å². The Hall–Kier alpha value is -2.44. The lowest BCUT2D eigenvalue weighted by Gasteiger charge is -2.27. The van der Waals surface area contributed by atoms with Crippen LogP contribution in [0.2, 0.25) is 0 Å². The molecule has 0 aliphatic carbocycles. The minimum Gasteiger partial charge on any atom is -0.383 e. The van der Waals surface area contributed by atoms with Gasteiger partial charge < -0.3 is 16.0 Å². The summed E-state index contributed by atoms with van der Waals surface area (Å²) in [6, 6.07) is 9.35. The van der Waals surface area contributed by atoms with Crippen LogP contribution in [-0.4, -0.2) is 57.0 Å². The van der Waals surface area contributed by atoms with Crippen molar-refractivity contribution in [3.05, 3.63) is 41.5 Å². The van der Waals surface area contributed by atoms with Gasteiger partial charge in [0.25, 0.3) is 11.8 Å². The number of benzene rings is 2. The third-order valence-corrected chi connectivity index (χ3v) is 4.27. The quantitative estimate of drug-likeness (QED) is 0.528. The van der Waals surface area contributed by atoms with Crippen LogP contribution >= 0.6 is 0 Å². The lowest BCUT2D eigenvalue weighted by molar-refractivity contribution is 0.0613. The van der Waals surface area contributed by atoms with E-state index >= 15 is 0 Å². The van der Waals surface area contributed by atoms with Gasteiger partial charge in [-0.15, -0.1) is 0 Å². The van der Waals surface area contributed by atoms with Crippen LogP contribution in [0.15, 0.2) is 30.3 Å². The Kier molecular flexibility index (Phi) is 4.78. The fourth-order valence-electron chi connectivity index (χ4n) is 3.05. The maximum Gasteiger partial charge on any atom is 0.261 e. The molecule has 0 aromatic heterocycles. The average molecular weight is 326 g/mol. The summed E-state index contributed by atoms with van der Waals surface area (Å²) < 4.78 is 0. The molecule has 1 heterocycles. The molecule has 1 aliphatic rings. The Morgan fingerprint density at radius 3 is 2.29 bits per heavy atom. The number of hydrogen-bond donors (Lipinski definition) is 3. The van der Waals surface area contributed by atoms with E-state index in [0.29, 0.717) is 24.2 Å². The van der Waals surface area contributed by atoms with Gasteiger partial charge >= 0.3 is 0 Å². The first-order valence-electron chi connectivity index (χ1n) is 8.14. The normalized spacial score (nSPS) is 13.7. The molecule has 3 N–H and O–H groups in total. The van der Waals surface area contributed by atoms with E-state index in [4.69, 9.17) is 0 Å². The van der Waals surface area contributed by atoms with Crippen LogP contribution in [0.1, 0.15) is 20.7 Å². The number of anilines is 1. The van der Waals surface area contributed by atoms with Gasteiger partial charge in [0.15, 0.2) is 0 Å². The zero-order valence-corrected chi connectivity index (χ0v) is 14.0. The second kappa shape index (κ2) is 6.98. The first-order valence-corrected chi connectivity index (χ1v) is 8.14. The number of nitrogens with zero attached hydrogens (tertiary/aromatic N) is 1.